The van der Waals surface area contributed by atoms with Gasteiger partial charge in [0, 0.05) is 25.2 Å². The van der Waals surface area contributed by atoms with E-state index >= 15 is 0 Å². The van der Waals surface area contributed by atoms with Crippen LogP contribution in [-0.4, -0.2) is 36.6 Å². The van der Waals surface area contributed by atoms with Crippen LogP contribution in [0.4, 0.5) is 19.3 Å². The number of hydrogen-bond acceptors (Lipinski definition) is 2. The van der Waals surface area contributed by atoms with Gasteiger partial charge in [0.05, 0.1) is 5.69 Å². The van der Waals surface area contributed by atoms with Gasteiger partial charge in [-0.1, -0.05) is 0 Å². The number of carbonyl (C=O) groups excluding carboxylic acids is 1. The van der Waals surface area contributed by atoms with Gasteiger partial charge in [-0.15, -0.1) is 0 Å². The Labute approximate surface area is 123 Å². The highest BCUT2D eigenvalue weighted by atomic mass is 19.1. The number of rotatable bonds is 4. The molecule has 0 bridgehead atoms. The lowest BCUT2D eigenvalue weighted by Gasteiger charge is -2.20. The number of carbonyl (C=O) groups is 1. The smallest absolute Gasteiger partial charge is 0.319 e. The summed E-state index contributed by atoms with van der Waals surface area (Å²) >= 11 is 0. The van der Waals surface area contributed by atoms with Crippen molar-refractivity contribution < 1.29 is 13.6 Å². The summed E-state index contributed by atoms with van der Waals surface area (Å²) in [6, 6.07) is 3.10. The van der Waals surface area contributed by atoms with E-state index in [2.05, 4.69) is 29.4 Å². The molecule has 1 aliphatic rings. The number of hydrogen-bond donors (Lipinski definition) is 2. The van der Waals surface area contributed by atoms with Crippen LogP contribution in [0, 0.1) is 17.6 Å². The Bertz CT molecular complexity index is 508. The number of amides is 2. The molecular weight excluding hydrogens is 276 g/mol. The van der Waals surface area contributed by atoms with E-state index in [1.807, 2.05) is 0 Å². The van der Waals surface area contributed by atoms with Gasteiger partial charge in [-0.3, -0.25) is 0 Å². The minimum atomic E-state index is -0.781. The summed E-state index contributed by atoms with van der Waals surface area (Å²) in [6.07, 6.45) is 1.05. The molecule has 6 heteroatoms. The van der Waals surface area contributed by atoms with Crippen LogP contribution < -0.4 is 10.6 Å². The molecule has 0 spiro atoms. The second-order valence-corrected chi connectivity index (χ2v) is 5.70. The second kappa shape index (κ2) is 6.85. The molecule has 1 aromatic carbocycles. The van der Waals surface area contributed by atoms with E-state index in [4.69, 9.17) is 0 Å². The molecule has 1 aromatic rings. The molecule has 0 aliphatic carbocycles. The van der Waals surface area contributed by atoms with Gasteiger partial charge >= 0.3 is 6.03 Å². The molecule has 21 heavy (non-hydrogen) atoms. The van der Waals surface area contributed by atoms with Gasteiger partial charge in [0.2, 0.25) is 0 Å². The van der Waals surface area contributed by atoms with Crippen molar-refractivity contribution in [3.63, 3.8) is 0 Å². The number of nitrogens with zero attached hydrogens (tertiary/aromatic N) is 1. The summed E-state index contributed by atoms with van der Waals surface area (Å²) in [4.78, 5) is 14.1. The van der Waals surface area contributed by atoms with Crippen molar-refractivity contribution in [2.24, 2.45) is 5.92 Å². The van der Waals surface area contributed by atoms with E-state index < -0.39 is 17.7 Å². The first kappa shape index (κ1) is 15.7. The molecule has 116 valence electrons. The van der Waals surface area contributed by atoms with Gasteiger partial charge in [-0.05, 0) is 44.9 Å². The van der Waals surface area contributed by atoms with Crippen molar-refractivity contribution in [1.29, 1.82) is 0 Å². The van der Waals surface area contributed by atoms with Crippen molar-refractivity contribution >= 4 is 11.7 Å². The molecule has 1 heterocycles. The molecule has 1 fully saturated rings. The number of anilines is 1. The highest BCUT2D eigenvalue weighted by Crippen LogP contribution is 2.18. The lowest BCUT2D eigenvalue weighted by Crippen LogP contribution is -2.35. The van der Waals surface area contributed by atoms with E-state index in [1.54, 1.807) is 0 Å². The normalized spacial score (nSPS) is 19.0. The Kier molecular flexibility index (Phi) is 5.12. The number of halogens is 2. The third kappa shape index (κ3) is 4.39. The summed E-state index contributed by atoms with van der Waals surface area (Å²) in [5.41, 5.74) is -0.0240. The van der Waals surface area contributed by atoms with Crippen LogP contribution in [-0.2, 0) is 0 Å². The zero-order valence-electron chi connectivity index (χ0n) is 12.3. The number of benzene rings is 1. The van der Waals surface area contributed by atoms with E-state index in [9.17, 15) is 13.6 Å². The van der Waals surface area contributed by atoms with E-state index in [0.29, 0.717) is 18.5 Å². The maximum absolute atomic E-state index is 13.4. The largest absolute Gasteiger partial charge is 0.338 e. The molecule has 4 nitrogen and oxygen atoms in total. The van der Waals surface area contributed by atoms with Crippen LogP contribution in [0.15, 0.2) is 18.2 Å². The summed E-state index contributed by atoms with van der Waals surface area (Å²) in [5.74, 6) is -1.04. The average molecular weight is 297 g/mol. The predicted octanol–water partition coefficient (Wildman–Crippen LogP) is 2.82. The third-order valence-corrected chi connectivity index (χ3v) is 3.78. The molecule has 2 rings (SSSR count). The standard InChI is InChI=1S/C15H21F2N3O/c1-10(2)20-6-5-11(9-20)8-18-15(21)19-14-4-3-12(16)7-13(14)17/h3-4,7,10-11H,5-6,8-9H2,1-2H3,(H2,18,19,21). The van der Waals surface area contributed by atoms with Crippen molar-refractivity contribution in [3.8, 4) is 0 Å². The number of nitrogens with one attached hydrogen (secondary N) is 2. The molecule has 1 saturated heterocycles. The van der Waals surface area contributed by atoms with Gasteiger partial charge < -0.3 is 15.5 Å². The fraction of sp³-hybridized carbons (Fsp3) is 0.533. The van der Waals surface area contributed by atoms with Crippen molar-refractivity contribution in [2.75, 3.05) is 25.0 Å². The molecule has 0 aromatic heterocycles. The minimum absolute atomic E-state index is 0.0240. The first-order chi connectivity index (χ1) is 9.95. The maximum atomic E-state index is 13.4. The number of likely N-dealkylation sites (tertiary alicyclic amines) is 1. The van der Waals surface area contributed by atoms with Crippen LogP contribution in [0.25, 0.3) is 0 Å². The Balaban J connectivity index is 1.78. The highest BCUT2D eigenvalue weighted by molar-refractivity contribution is 5.89. The summed E-state index contributed by atoms with van der Waals surface area (Å²) in [6.45, 7) is 6.86. The Morgan fingerprint density at radius 2 is 2.19 bits per heavy atom. The molecular formula is C15H21F2N3O. The quantitative estimate of drug-likeness (QED) is 0.897. The van der Waals surface area contributed by atoms with E-state index in [1.165, 1.54) is 6.07 Å². The number of urea groups is 1. The lowest BCUT2D eigenvalue weighted by molar-refractivity contribution is 0.247. The molecule has 1 unspecified atom stereocenters. The van der Waals surface area contributed by atoms with Gasteiger partial charge in [0.15, 0.2) is 0 Å². The van der Waals surface area contributed by atoms with Crippen LogP contribution in [0.1, 0.15) is 20.3 Å². The van der Waals surface area contributed by atoms with Crippen molar-refractivity contribution in [3.05, 3.63) is 29.8 Å². The predicted molar refractivity (Wildman–Crippen MR) is 78.2 cm³/mol. The third-order valence-electron chi connectivity index (χ3n) is 3.78. The summed E-state index contributed by atoms with van der Waals surface area (Å²) in [5, 5.41) is 5.13. The van der Waals surface area contributed by atoms with Gasteiger partial charge in [0.25, 0.3) is 0 Å². The van der Waals surface area contributed by atoms with Gasteiger partial charge in [-0.2, -0.15) is 0 Å². The fourth-order valence-electron chi connectivity index (χ4n) is 2.49. The molecule has 0 radical (unpaired) electrons. The maximum Gasteiger partial charge on any atom is 0.319 e. The molecule has 2 amide bonds. The lowest BCUT2D eigenvalue weighted by atomic mass is 10.1. The van der Waals surface area contributed by atoms with Crippen LogP contribution >= 0.6 is 0 Å². The van der Waals surface area contributed by atoms with Crippen LogP contribution in [0.5, 0.6) is 0 Å². The van der Waals surface area contributed by atoms with E-state index in [-0.39, 0.29) is 5.69 Å². The Hall–Kier alpha value is -1.69. The second-order valence-electron chi connectivity index (χ2n) is 5.70. The summed E-state index contributed by atoms with van der Waals surface area (Å²) in [7, 11) is 0. The van der Waals surface area contributed by atoms with Gasteiger partial charge in [0.1, 0.15) is 11.6 Å². The average Bonchev–Trinajstić information content (AvgIpc) is 2.89. The van der Waals surface area contributed by atoms with E-state index in [0.717, 1.165) is 31.6 Å². The molecule has 0 saturated carbocycles. The molecule has 2 N–H and O–H groups in total. The summed E-state index contributed by atoms with van der Waals surface area (Å²) < 4.78 is 26.2. The Morgan fingerprint density at radius 1 is 1.43 bits per heavy atom. The zero-order chi connectivity index (χ0) is 15.4. The van der Waals surface area contributed by atoms with Crippen LogP contribution in [0.3, 0.4) is 0 Å². The minimum Gasteiger partial charge on any atom is -0.338 e. The van der Waals surface area contributed by atoms with Crippen molar-refractivity contribution in [1.82, 2.24) is 10.2 Å². The highest BCUT2D eigenvalue weighted by Gasteiger charge is 2.24. The Morgan fingerprint density at radius 3 is 2.81 bits per heavy atom. The monoisotopic (exact) mass is 297 g/mol. The molecule has 1 atom stereocenters. The van der Waals surface area contributed by atoms with Gasteiger partial charge in [-0.25, -0.2) is 13.6 Å². The SMILES string of the molecule is CC(C)N1CCC(CNC(=O)Nc2ccc(F)cc2F)C1. The first-order valence-corrected chi connectivity index (χ1v) is 7.19. The molecule has 1 aliphatic heterocycles. The van der Waals surface area contributed by atoms with Crippen LogP contribution in [0.2, 0.25) is 0 Å². The topological polar surface area (TPSA) is 44.4 Å². The first-order valence-electron chi connectivity index (χ1n) is 7.19. The zero-order valence-corrected chi connectivity index (χ0v) is 12.3. The fourth-order valence-corrected chi connectivity index (χ4v) is 2.49. The van der Waals surface area contributed by atoms with Crippen molar-refractivity contribution in [2.45, 2.75) is 26.3 Å².